The summed E-state index contributed by atoms with van der Waals surface area (Å²) in [5.74, 6) is 0. The average Bonchev–Trinajstić information content (AvgIpc) is 2.77. The molecule has 1 aromatic carbocycles. The molecule has 1 fully saturated rings. The zero-order valence-corrected chi connectivity index (χ0v) is 12.0. The van der Waals surface area contributed by atoms with Crippen LogP contribution >= 0.6 is 27.5 Å². The van der Waals surface area contributed by atoms with Crippen molar-refractivity contribution in [3.63, 3.8) is 0 Å². The molecular weight excluding hydrogens is 302 g/mol. The van der Waals surface area contributed by atoms with Crippen molar-refractivity contribution in [2.75, 3.05) is 6.61 Å². The lowest BCUT2D eigenvalue weighted by atomic mass is 10.0. The van der Waals surface area contributed by atoms with Crippen molar-refractivity contribution < 1.29 is 4.74 Å². The Balaban J connectivity index is 1.91. The maximum atomic E-state index is 6.18. The van der Waals surface area contributed by atoms with Crippen molar-refractivity contribution in [2.24, 2.45) is 5.73 Å². The van der Waals surface area contributed by atoms with Crippen molar-refractivity contribution in [1.29, 1.82) is 0 Å². The molecule has 2 rings (SSSR count). The molecule has 0 spiro atoms. The molecule has 0 saturated carbocycles. The minimum absolute atomic E-state index is 0.0363. The van der Waals surface area contributed by atoms with E-state index >= 15 is 0 Å². The maximum Gasteiger partial charge on any atom is 0.0576 e. The Kier molecular flexibility index (Phi) is 4.86. The molecule has 1 heterocycles. The van der Waals surface area contributed by atoms with Crippen molar-refractivity contribution >= 4 is 27.5 Å². The van der Waals surface area contributed by atoms with E-state index in [4.69, 9.17) is 22.1 Å². The quantitative estimate of drug-likeness (QED) is 0.908. The largest absolute Gasteiger partial charge is 0.378 e. The van der Waals surface area contributed by atoms with Crippen LogP contribution in [-0.4, -0.2) is 12.7 Å². The molecule has 2 nitrogen and oxygen atoms in total. The Hall–Kier alpha value is -0.0900. The topological polar surface area (TPSA) is 35.2 Å². The smallest absolute Gasteiger partial charge is 0.0576 e. The Morgan fingerprint density at radius 3 is 2.94 bits per heavy atom. The normalized spacial score (nSPS) is 21.7. The van der Waals surface area contributed by atoms with Crippen LogP contribution in [0.2, 0.25) is 5.02 Å². The van der Waals surface area contributed by atoms with Crippen LogP contribution in [0.5, 0.6) is 0 Å². The maximum absolute atomic E-state index is 6.18. The standard InChI is InChI=1S/C13H17BrClNO/c14-10-6-9(7-11(15)8-10)13(16)4-3-12-2-1-5-17-12/h6-8,12-13H,1-5,16H2. The number of hydrogen-bond donors (Lipinski definition) is 1. The van der Waals surface area contributed by atoms with E-state index in [0.717, 1.165) is 34.5 Å². The molecule has 1 aliphatic rings. The van der Waals surface area contributed by atoms with Crippen molar-refractivity contribution in [1.82, 2.24) is 0 Å². The van der Waals surface area contributed by atoms with E-state index in [1.807, 2.05) is 18.2 Å². The summed E-state index contributed by atoms with van der Waals surface area (Å²) in [5, 5.41) is 0.724. The summed E-state index contributed by atoms with van der Waals surface area (Å²) in [6.07, 6.45) is 4.74. The molecule has 0 bridgehead atoms. The predicted molar refractivity (Wildman–Crippen MR) is 74.3 cm³/mol. The average molecular weight is 319 g/mol. The zero-order valence-electron chi connectivity index (χ0n) is 9.66. The van der Waals surface area contributed by atoms with Gasteiger partial charge < -0.3 is 10.5 Å². The van der Waals surface area contributed by atoms with Gasteiger partial charge >= 0.3 is 0 Å². The summed E-state index contributed by atoms with van der Waals surface area (Å²) in [5.41, 5.74) is 7.26. The lowest BCUT2D eigenvalue weighted by Crippen LogP contribution is -2.14. The van der Waals surface area contributed by atoms with Gasteiger partial charge in [-0.2, -0.15) is 0 Å². The molecule has 0 radical (unpaired) electrons. The van der Waals surface area contributed by atoms with Crippen LogP contribution in [0.3, 0.4) is 0 Å². The Labute approximate surface area is 116 Å². The minimum Gasteiger partial charge on any atom is -0.378 e. The van der Waals surface area contributed by atoms with E-state index < -0.39 is 0 Å². The third kappa shape index (κ3) is 3.95. The molecule has 2 unspecified atom stereocenters. The first-order chi connectivity index (χ1) is 8.15. The van der Waals surface area contributed by atoms with E-state index in [-0.39, 0.29) is 6.04 Å². The summed E-state index contributed by atoms with van der Waals surface area (Å²) >= 11 is 9.45. The molecule has 0 aromatic heterocycles. The molecular formula is C13H17BrClNO. The van der Waals surface area contributed by atoms with Crippen LogP contribution in [0.4, 0.5) is 0 Å². The van der Waals surface area contributed by atoms with E-state index in [1.165, 1.54) is 12.8 Å². The second-order valence-electron chi connectivity index (χ2n) is 4.52. The molecule has 2 atom stereocenters. The first-order valence-electron chi connectivity index (χ1n) is 5.98. The highest BCUT2D eigenvalue weighted by atomic mass is 79.9. The summed E-state index contributed by atoms with van der Waals surface area (Å²) in [7, 11) is 0. The predicted octanol–water partition coefficient (Wildman–Crippen LogP) is 4.06. The first kappa shape index (κ1) is 13.3. The Bertz CT molecular complexity index is 359. The number of benzene rings is 1. The van der Waals surface area contributed by atoms with Gasteiger partial charge in [0.15, 0.2) is 0 Å². The lowest BCUT2D eigenvalue weighted by Gasteiger charge is -2.15. The lowest BCUT2D eigenvalue weighted by molar-refractivity contribution is 0.101. The number of hydrogen-bond acceptors (Lipinski definition) is 2. The van der Waals surface area contributed by atoms with Gasteiger partial charge in [0.1, 0.15) is 0 Å². The molecule has 0 aliphatic carbocycles. The third-order valence-electron chi connectivity index (χ3n) is 3.14. The molecule has 1 aromatic rings. The van der Waals surface area contributed by atoms with Crippen molar-refractivity contribution in [3.8, 4) is 0 Å². The number of halogens is 2. The minimum atomic E-state index is 0.0363. The molecule has 94 valence electrons. The molecule has 1 saturated heterocycles. The summed E-state index contributed by atoms with van der Waals surface area (Å²) in [4.78, 5) is 0. The van der Waals surface area contributed by atoms with Crippen LogP contribution < -0.4 is 5.73 Å². The van der Waals surface area contributed by atoms with Gasteiger partial charge in [0.05, 0.1) is 6.10 Å². The van der Waals surface area contributed by atoms with Gasteiger partial charge in [-0.1, -0.05) is 27.5 Å². The van der Waals surface area contributed by atoms with Crippen LogP contribution in [0.25, 0.3) is 0 Å². The highest BCUT2D eigenvalue weighted by Crippen LogP contribution is 2.27. The van der Waals surface area contributed by atoms with Gasteiger partial charge in [0.25, 0.3) is 0 Å². The van der Waals surface area contributed by atoms with Gasteiger partial charge in [-0.05, 0) is 49.4 Å². The first-order valence-corrected chi connectivity index (χ1v) is 7.15. The third-order valence-corrected chi connectivity index (χ3v) is 3.81. The summed E-state index contributed by atoms with van der Waals surface area (Å²) in [6.45, 7) is 0.905. The molecule has 0 amide bonds. The number of nitrogens with two attached hydrogens (primary N) is 1. The number of ether oxygens (including phenoxy) is 1. The van der Waals surface area contributed by atoms with Crippen LogP contribution in [0.15, 0.2) is 22.7 Å². The Morgan fingerprint density at radius 1 is 1.47 bits per heavy atom. The van der Waals surface area contributed by atoms with Gasteiger partial charge in [-0.3, -0.25) is 0 Å². The summed E-state index contributed by atoms with van der Waals surface area (Å²) in [6, 6.07) is 5.88. The zero-order chi connectivity index (χ0) is 12.3. The van der Waals surface area contributed by atoms with Gasteiger partial charge in [-0.25, -0.2) is 0 Å². The molecule has 1 aliphatic heterocycles. The van der Waals surface area contributed by atoms with Gasteiger partial charge in [0, 0.05) is 22.1 Å². The Morgan fingerprint density at radius 2 is 2.29 bits per heavy atom. The van der Waals surface area contributed by atoms with Crippen LogP contribution in [-0.2, 0) is 4.74 Å². The SMILES string of the molecule is NC(CCC1CCCO1)c1cc(Cl)cc(Br)c1. The van der Waals surface area contributed by atoms with E-state index in [1.54, 1.807) is 0 Å². The van der Waals surface area contributed by atoms with E-state index in [0.29, 0.717) is 6.10 Å². The highest BCUT2D eigenvalue weighted by Gasteiger charge is 2.17. The highest BCUT2D eigenvalue weighted by molar-refractivity contribution is 9.10. The van der Waals surface area contributed by atoms with Crippen LogP contribution in [0.1, 0.15) is 37.3 Å². The van der Waals surface area contributed by atoms with Crippen molar-refractivity contribution in [2.45, 2.75) is 37.8 Å². The number of rotatable bonds is 4. The van der Waals surface area contributed by atoms with Gasteiger partial charge in [-0.15, -0.1) is 0 Å². The molecule has 4 heteroatoms. The fraction of sp³-hybridized carbons (Fsp3) is 0.538. The second kappa shape index (κ2) is 6.19. The van der Waals surface area contributed by atoms with E-state index in [9.17, 15) is 0 Å². The van der Waals surface area contributed by atoms with Crippen molar-refractivity contribution in [3.05, 3.63) is 33.3 Å². The second-order valence-corrected chi connectivity index (χ2v) is 5.87. The van der Waals surface area contributed by atoms with Gasteiger partial charge in [0.2, 0.25) is 0 Å². The van der Waals surface area contributed by atoms with E-state index in [2.05, 4.69) is 15.9 Å². The molecule has 2 N–H and O–H groups in total. The monoisotopic (exact) mass is 317 g/mol. The fourth-order valence-electron chi connectivity index (χ4n) is 2.19. The fourth-order valence-corrected chi connectivity index (χ4v) is 3.08. The summed E-state index contributed by atoms with van der Waals surface area (Å²) < 4.78 is 6.58. The van der Waals surface area contributed by atoms with Crippen LogP contribution in [0, 0.1) is 0 Å². The molecule has 17 heavy (non-hydrogen) atoms.